The fourth-order valence-corrected chi connectivity index (χ4v) is 3.38. The summed E-state index contributed by atoms with van der Waals surface area (Å²) < 4.78 is 0. The van der Waals surface area contributed by atoms with Crippen molar-refractivity contribution in [3.63, 3.8) is 0 Å². The zero-order valence-electron chi connectivity index (χ0n) is 13.7. The predicted molar refractivity (Wildman–Crippen MR) is 86.9 cm³/mol. The minimum atomic E-state index is -0.470. The van der Waals surface area contributed by atoms with Crippen molar-refractivity contribution in [2.45, 2.75) is 45.8 Å². The molecule has 0 aromatic heterocycles. The highest BCUT2D eigenvalue weighted by Gasteiger charge is 2.28. The van der Waals surface area contributed by atoms with E-state index in [1.54, 1.807) is 17.6 Å². The molecule has 1 fully saturated rings. The van der Waals surface area contributed by atoms with Crippen molar-refractivity contribution in [2.75, 3.05) is 19.6 Å². The molecule has 1 aliphatic heterocycles. The molecule has 1 heterocycles. The molecule has 0 saturated carbocycles. The zero-order chi connectivity index (χ0) is 16.1. The van der Waals surface area contributed by atoms with Gasteiger partial charge in [-0.15, -0.1) is 0 Å². The van der Waals surface area contributed by atoms with Crippen molar-refractivity contribution in [3.05, 3.63) is 35.4 Å². The number of piperazine rings is 1. The molecule has 1 amide bonds. The molecule has 1 aromatic rings. The number of amides is 1. The molecule has 0 bridgehead atoms. The van der Waals surface area contributed by atoms with Gasteiger partial charge in [0.15, 0.2) is 0 Å². The molecule has 5 heteroatoms. The predicted octanol–water partition coefficient (Wildman–Crippen LogP) is 2.11. The molecule has 2 rings (SSSR count). The second-order valence-corrected chi connectivity index (χ2v) is 6.27. The van der Waals surface area contributed by atoms with Crippen LogP contribution in [0.5, 0.6) is 0 Å². The molecule has 122 valence electrons. The Morgan fingerprint density at radius 3 is 2.32 bits per heavy atom. The van der Waals surface area contributed by atoms with Gasteiger partial charge in [-0.2, -0.15) is 0 Å². The van der Waals surface area contributed by atoms with Crippen LogP contribution in [0, 0.1) is 0 Å². The molecule has 0 unspecified atom stereocenters. The van der Waals surface area contributed by atoms with E-state index in [2.05, 4.69) is 30.6 Å². The Morgan fingerprint density at radius 2 is 1.82 bits per heavy atom. The quantitative estimate of drug-likeness (QED) is 0.646. The van der Waals surface area contributed by atoms with Crippen LogP contribution < -0.4 is 5.48 Å². The standard InChI is InChI=1S/C17H27N3O2/c1-4-9-20-13(2)10-19(11-14(20)3)12-15-5-7-16(8-6-15)17(21)18-22/h5-8,13-14,22H,4,9-12H2,1-3H3,(H,18,21)/t13-,14+. The van der Waals surface area contributed by atoms with E-state index in [9.17, 15) is 4.79 Å². The number of nitrogens with zero attached hydrogens (tertiary/aromatic N) is 2. The number of hydroxylamine groups is 1. The Balaban J connectivity index is 1.95. The van der Waals surface area contributed by atoms with Crippen molar-refractivity contribution in [1.82, 2.24) is 15.3 Å². The van der Waals surface area contributed by atoms with Crippen LogP contribution in [0.2, 0.25) is 0 Å². The van der Waals surface area contributed by atoms with Crippen molar-refractivity contribution in [1.29, 1.82) is 0 Å². The van der Waals surface area contributed by atoms with Gasteiger partial charge < -0.3 is 0 Å². The summed E-state index contributed by atoms with van der Waals surface area (Å²) in [7, 11) is 0. The molecule has 2 N–H and O–H groups in total. The summed E-state index contributed by atoms with van der Waals surface area (Å²) in [6.45, 7) is 11.0. The molecule has 1 aliphatic rings. The van der Waals surface area contributed by atoms with E-state index >= 15 is 0 Å². The number of rotatable bonds is 5. The average Bonchev–Trinajstić information content (AvgIpc) is 2.51. The lowest BCUT2D eigenvalue weighted by molar-refractivity contribution is 0.0351. The van der Waals surface area contributed by atoms with Crippen LogP contribution in [0.15, 0.2) is 24.3 Å². The van der Waals surface area contributed by atoms with Crippen LogP contribution in [0.4, 0.5) is 0 Å². The van der Waals surface area contributed by atoms with E-state index in [1.165, 1.54) is 18.5 Å². The SMILES string of the molecule is CCCN1[C@H](C)CN(Cc2ccc(C(=O)NO)cc2)C[C@@H]1C. The van der Waals surface area contributed by atoms with Crippen LogP contribution >= 0.6 is 0 Å². The topological polar surface area (TPSA) is 55.8 Å². The van der Waals surface area contributed by atoms with Crippen molar-refractivity contribution < 1.29 is 10.0 Å². The normalized spacial score (nSPS) is 23.5. The van der Waals surface area contributed by atoms with Crippen LogP contribution in [0.1, 0.15) is 43.1 Å². The first-order valence-electron chi connectivity index (χ1n) is 8.06. The fraction of sp³-hybridized carbons (Fsp3) is 0.588. The minimum Gasteiger partial charge on any atom is -0.296 e. The van der Waals surface area contributed by atoms with Crippen LogP contribution in [-0.4, -0.2) is 52.6 Å². The Bertz CT molecular complexity index is 477. The highest BCUT2D eigenvalue weighted by Crippen LogP contribution is 2.18. The fourth-order valence-electron chi connectivity index (χ4n) is 3.38. The minimum absolute atomic E-state index is 0.470. The van der Waals surface area contributed by atoms with Crippen LogP contribution in [0.3, 0.4) is 0 Å². The molecule has 5 nitrogen and oxygen atoms in total. The molecule has 0 spiro atoms. The lowest BCUT2D eigenvalue weighted by Crippen LogP contribution is -2.56. The van der Waals surface area contributed by atoms with E-state index in [4.69, 9.17) is 5.21 Å². The number of nitrogens with one attached hydrogen (secondary N) is 1. The molecule has 0 radical (unpaired) electrons. The number of hydrogen-bond acceptors (Lipinski definition) is 4. The third kappa shape index (κ3) is 4.06. The number of benzene rings is 1. The zero-order valence-corrected chi connectivity index (χ0v) is 13.7. The van der Waals surface area contributed by atoms with Gasteiger partial charge in [-0.3, -0.25) is 19.8 Å². The summed E-state index contributed by atoms with van der Waals surface area (Å²) >= 11 is 0. The Kier molecular flexibility index (Phi) is 5.94. The summed E-state index contributed by atoms with van der Waals surface area (Å²) in [4.78, 5) is 16.4. The third-order valence-electron chi connectivity index (χ3n) is 4.38. The van der Waals surface area contributed by atoms with Gasteiger partial charge in [0.1, 0.15) is 0 Å². The van der Waals surface area contributed by atoms with Crippen LogP contribution in [-0.2, 0) is 6.54 Å². The van der Waals surface area contributed by atoms with Crippen molar-refractivity contribution >= 4 is 5.91 Å². The lowest BCUT2D eigenvalue weighted by atomic mass is 10.1. The maximum Gasteiger partial charge on any atom is 0.274 e. The molecule has 1 aromatic carbocycles. The molecular formula is C17H27N3O2. The van der Waals surface area contributed by atoms with Gasteiger partial charge in [-0.05, 0) is 44.5 Å². The average molecular weight is 305 g/mol. The molecule has 22 heavy (non-hydrogen) atoms. The second-order valence-electron chi connectivity index (χ2n) is 6.27. The molecular weight excluding hydrogens is 278 g/mol. The summed E-state index contributed by atoms with van der Waals surface area (Å²) in [5.41, 5.74) is 3.32. The van der Waals surface area contributed by atoms with Gasteiger partial charge in [0.2, 0.25) is 0 Å². The van der Waals surface area contributed by atoms with Crippen LogP contribution in [0.25, 0.3) is 0 Å². The number of carbonyl (C=O) groups excluding carboxylic acids is 1. The van der Waals surface area contributed by atoms with Gasteiger partial charge in [0.05, 0.1) is 0 Å². The van der Waals surface area contributed by atoms with E-state index in [1.807, 2.05) is 12.1 Å². The smallest absolute Gasteiger partial charge is 0.274 e. The number of carbonyl (C=O) groups is 1. The summed E-state index contributed by atoms with van der Waals surface area (Å²) in [5.74, 6) is -0.470. The maximum atomic E-state index is 11.3. The number of hydrogen-bond donors (Lipinski definition) is 2. The molecule has 0 aliphatic carbocycles. The first kappa shape index (κ1) is 16.9. The van der Waals surface area contributed by atoms with Gasteiger partial charge in [-0.1, -0.05) is 19.1 Å². The molecule has 1 saturated heterocycles. The van der Waals surface area contributed by atoms with Crippen molar-refractivity contribution in [3.8, 4) is 0 Å². The van der Waals surface area contributed by atoms with E-state index in [0.717, 1.165) is 19.6 Å². The monoisotopic (exact) mass is 305 g/mol. The Labute approximate surface area is 132 Å². The lowest BCUT2D eigenvalue weighted by Gasteiger charge is -2.44. The second kappa shape index (κ2) is 7.72. The Morgan fingerprint density at radius 1 is 1.23 bits per heavy atom. The molecule has 2 atom stereocenters. The van der Waals surface area contributed by atoms with Gasteiger partial charge in [0, 0.05) is 37.3 Å². The van der Waals surface area contributed by atoms with E-state index in [-0.39, 0.29) is 0 Å². The summed E-state index contributed by atoms with van der Waals surface area (Å²) in [5, 5.41) is 8.63. The van der Waals surface area contributed by atoms with Crippen molar-refractivity contribution in [2.24, 2.45) is 0 Å². The summed E-state index contributed by atoms with van der Waals surface area (Å²) in [6.07, 6.45) is 1.20. The Hall–Kier alpha value is -1.43. The van der Waals surface area contributed by atoms with E-state index < -0.39 is 5.91 Å². The first-order chi connectivity index (χ1) is 10.5. The van der Waals surface area contributed by atoms with Gasteiger partial charge in [0.25, 0.3) is 5.91 Å². The summed E-state index contributed by atoms with van der Waals surface area (Å²) in [6, 6.07) is 8.56. The highest BCUT2D eigenvalue weighted by atomic mass is 16.5. The highest BCUT2D eigenvalue weighted by molar-refractivity contribution is 5.93. The first-order valence-corrected chi connectivity index (χ1v) is 8.06. The van der Waals surface area contributed by atoms with E-state index in [0.29, 0.717) is 17.6 Å². The van der Waals surface area contributed by atoms with Gasteiger partial charge in [-0.25, -0.2) is 5.48 Å². The largest absolute Gasteiger partial charge is 0.296 e. The maximum absolute atomic E-state index is 11.3. The van der Waals surface area contributed by atoms with Gasteiger partial charge >= 0.3 is 0 Å². The third-order valence-corrected chi connectivity index (χ3v) is 4.38.